The molecule has 3 atom stereocenters. The minimum absolute atomic E-state index is 0.128. The van der Waals surface area contributed by atoms with E-state index in [-0.39, 0.29) is 6.17 Å². The fraction of sp³-hybridized carbons (Fsp3) is 0.643. The van der Waals surface area contributed by atoms with Gasteiger partial charge in [-0.2, -0.15) is 0 Å². The van der Waals surface area contributed by atoms with Gasteiger partial charge in [0.15, 0.2) is 0 Å². The summed E-state index contributed by atoms with van der Waals surface area (Å²) in [6.45, 7) is 6.58. The Kier molecular flexibility index (Phi) is 3.50. The Morgan fingerprint density at radius 1 is 1.41 bits per heavy atom. The molecular weight excluding hydrogens is 212 g/mol. The molecule has 1 heterocycles. The predicted octanol–water partition coefficient (Wildman–Crippen LogP) is 1.99. The second-order valence-corrected chi connectivity index (χ2v) is 5.32. The van der Waals surface area contributed by atoms with Crippen LogP contribution in [0.1, 0.15) is 27.2 Å². The van der Waals surface area contributed by atoms with Crippen LogP contribution < -0.4 is 0 Å². The molecule has 0 bridgehead atoms. The van der Waals surface area contributed by atoms with Crippen molar-refractivity contribution in [2.75, 3.05) is 7.05 Å². The molecule has 3 nitrogen and oxygen atoms in total. The number of aliphatic hydroxyl groups is 1. The van der Waals surface area contributed by atoms with Gasteiger partial charge >= 0.3 is 0 Å². The molecule has 1 aliphatic carbocycles. The van der Waals surface area contributed by atoms with Crippen LogP contribution in [0.25, 0.3) is 0 Å². The summed E-state index contributed by atoms with van der Waals surface area (Å²) in [5.74, 6) is 0.555. The molecule has 0 saturated carbocycles. The molecule has 94 valence electrons. The van der Waals surface area contributed by atoms with Crippen LogP contribution in [0, 0.1) is 5.92 Å². The van der Waals surface area contributed by atoms with E-state index in [1.807, 2.05) is 13.1 Å². The first-order valence-corrected chi connectivity index (χ1v) is 6.37. The van der Waals surface area contributed by atoms with Crippen LogP contribution in [0.5, 0.6) is 0 Å². The van der Waals surface area contributed by atoms with Crippen molar-refractivity contribution in [2.45, 2.75) is 45.5 Å². The van der Waals surface area contributed by atoms with E-state index in [1.54, 1.807) is 0 Å². The van der Waals surface area contributed by atoms with E-state index >= 15 is 0 Å². The Balaban J connectivity index is 2.18. The lowest BCUT2D eigenvalue weighted by atomic mass is 9.99. The topological polar surface area (TPSA) is 35.8 Å². The highest BCUT2D eigenvalue weighted by atomic mass is 16.3. The Bertz CT molecular complexity index is 382. The Morgan fingerprint density at radius 2 is 2.12 bits per heavy atom. The van der Waals surface area contributed by atoms with E-state index in [4.69, 9.17) is 0 Å². The molecule has 0 fully saturated rings. The van der Waals surface area contributed by atoms with Gasteiger partial charge in [-0.1, -0.05) is 26.0 Å². The summed E-state index contributed by atoms with van der Waals surface area (Å²) in [6, 6.07) is 0.406. The minimum Gasteiger partial charge on any atom is -0.385 e. The van der Waals surface area contributed by atoms with Crippen LogP contribution in [0.3, 0.4) is 0 Å². The fourth-order valence-electron chi connectivity index (χ4n) is 2.36. The first-order valence-electron chi connectivity index (χ1n) is 6.37. The maximum Gasteiger partial charge on any atom is 0.133 e. The van der Waals surface area contributed by atoms with Crippen molar-refractivity contribution in [3.8, 4) is 0 Å². The molecule has 0 aromatic carbocycles. The van der Waals surface area contributed by atoms with Gasteiger partial charge in [-0.25, -0.2) is 0 Å². The molecule has 1 aliphatic heterocycles. The second-order valence-electron chi connectivity index (χ2n) is 5.32. The van der Waals surface area contributed by atoms with Crippen LogP contribution in [0.2, 0.25) is 0 Å². The number of allylic oxidation sites excluding steroid dienone is 3. The van der Waals surface area contributed by atoms with Crippen molar-refractivity contribution < 1.29 is 5.11 Å². The largest absolute Gasteiger partial charge is 0.385 e. The average molecular weight is 234 g/mol. The van der Waals surface area contributed by atoms with Gasteiger partial charge in [0.1, 0.15) is 12.3 Å². The zero-order valence-electron chi connectivity index (χ0n) is 11.1. The molecule has 0 radical (unpaired) electrons. The Labute approximate surface area is 104 Å². The number of hydrogen-bond acceptors (Lipinski definition) is 3. The second kappa shape index (κ2) is 4.75. The summed E-state index contributed by atoms with van der Waals surface area (Å²) in [4.78, 5) is 6.81. The summed E-state index contributed by atoms with van der Waals surface area (Å²) in [7, 11) is 2.05. The van der Waals surface area contributed by atoms with Gasteiger partial charge in [-0.15, -0.1) is 0 Å². The van der Waals surface area contributed by atoms with Crippen molar-refractivity contribution in [2.24, 2.45) is 10.9 Å². The lowest BCUT2D eigenvalue weighted by Crippen LogP contribution is -2.45. The fourth-order valence-corrected chi connectivity index (χ4v) is 2.36. The smallest absolute Gasteiger partial charge is 0.133 e. The monoisotopic (exact) mass is 234 g/mol. The molecule has 2 rings (SSSR count). The molecule has 0 unspecified atom stereocenters. The predicted molar refractivity (Wildman–Crippen MR) is 71.1 cm³/mol. The summed E-state index contributed by atoms with van der Waals surface area (Å²) in [6.07, 6.45) is 6.49. The molecule has 0 amide bonds. The van der Waals surface area contributed by atoms with Crippen molar-refractivity contribution in [3.05, 3.63) is 23.8 Å². The third kappa shape index (κ3) is 2.22. The molecule has 3 heteroatoms. The Morgan fingerprint density at radius 3 is 2.71 bits per heavy atom. The maximum atomic E-state index is 10.3. The van der Waals surface area contributed by atoms with E-state index in [0.717, 1.165) is 17.7 Å². The van der Waals surface area contributed by atoms with E-state index in [1.165, 1.54) is 0 Å². The van der Waals surface area contributed by atoms with Crippen molar-refractivity contribution >= 4 is 5.71 Å². The van der Waals surface area contributed by atoms with E-state index in [9.17, 15) is 5.11 Å². The molecule has 2 aliphatic rings. The Hall–Kier alpha value is -0.930. The molecule has 0 aromatic rings. The number of fused-ring (bicyclic) bond motifs is 1. The van der Waals surface area contributed by atoms with Gasteiger partial charge in [-0.3, -0.25) is 9.89 Å². The lowest BCUT2D eigenvalue weighted by molar-refractivity contribution is 0.0666. The number of rotatable bonds is 3. The van der Waals surface area contributed by atoms with Crippen LogP contribution >= 0.6 is 0 Å². The first-order chi connectivity index (χ1) is 8.02. The van der Waals surface area contributed by atoms with E-state index < -0.39 is 6.10 Å². The quantitative estimate of drug-likeness (QED) is 0.810. The van der Waals surface area contributed by atoms with E-state index in [0.29, 0.717) is 12.0 Å². The number of hydrogen-bond donors (Lipinski definition) is 1. The third-order valence-electron chi connectivity index (χ3n) is 3.94. The summed E-state index contributed by atoms with van der Waals surface area (Å²) in [5, 5.41) is 10.3. The van der Waals surface area contributed by atoms with Crippen LogP contribution in [0.4, 0.5) is 0 Å². The molecule has 0 saturated heterocycles. The van der Waals surface area contributed by atoms with Gasteiger partial charge in [0.05, 0.1) is 5.71 Å². The summed E-state index contributed by atoms with van der Waals surface area (Å²) < 4.78 is 0. The number of likely N-dealkylation sites (N-methyl/N-ethyl adjacent to an activating group) is 1. The molecular formula is C14H22N2O. The highest BCUT2D eigenvalue weighted by Crippen LogP contribution is 2.28. The maximum absolute atomic E-state index is 10.3. The zero-order valence-corrected chi connectivity index (χ0v) is 11.1. The van der Waals surface area contributed by atoms with Crippen LogP contribution in [0.15, 0.2) is 28.8 Å². The van der Waals surface area contributed by atoms with Gasteiger partial charge in [0, 0.05) is 11.6 Å². The third-order valence-corrected chi connectivity index (χ3v) is 3.94. The van der Waals surface area contributed by atoms with Gasteiger partial charge in [0.2, 0.25) is 0 Å². The zero-order chi connectivity index (χ0) is 12.6. The normalized spacial score (nSPS) is 29.4. The standard InChI is InChI=1S/C14H22N2O/c1-9(2)10(3)16(4)14-13(17)11-7-5-6-8-12(11)15-14/h6-10,13-14,17H,5H2,1-4H3/t10-,13+,14-/m0/s1. The minimum atomic E-state index is -0.471. The summed E-state index contributed by atoms with van der Waals surface area (Å²) >= 11 is 0. The van der Waals surface area contributed by atoms with E-state index in [2.05, 4.69) is 42.8 Å². The highest BCUT2D eigenvalue weighted by molar-refractivity contribution is 6.11. The first kappa shape index (κ1) is 12.5. The average Bonchev–Trinajstić information content (AvgIpc) is 2.65. The molecule has 0 aromatic heterocycles. The van der Waals surface area contributed by atoms with Crippen molar-refractivity contribution in [1.29, 1.82) is 0 Å². The number of nitrogens with zero attached hydrogens (tertiary/aromatic N) is 2. The van der Waals surface area contributed by atoms with Gasteiger partial charge in [-0.05, 0) is 32.4 Å². The van der Waals surface area contributed by atoms with Crippen molar-refractivity contribution in [1.82, 2.24) is 4.90 Å². The van der Waals surface area contributed by atoms with Crippen molar-refractivity contribution in [3.63, 3.8) is 0 Å². The molecule has 1 N–H and O–H groups in total. The molecule has 0 spiro atoms. The van der Waals surface area contributed by atoms with Crippen LogP contribution in [-0.4, -0.2) is 41.1 Å². The molecule has 17 heavy (non-hydrogen) atoms. The lowest BCUT2D eigenvalue weighted by Gasteiger charge is -2.33. The SMILES string of the molecule is CC(C)[C@H](C)N(C)[C@@H]1N=C2C=CCC=C2[C@H]1O. The van der Waals surface area contributed by atoms with Gasteiger partial charge in [0.25, 0.3) is 0 Å². The number of aliphatic hydroxyl groups excluding tert-OH is 1. The van der Waals surface area contributed by atoms with Gasteiger partial charge < -0.3 is 5.11 Å². The number of aliphatic imine (C=N–C) groups is 1. The van der Waals surface area contributed by atoms with Crippen LogP contribution in [-0.2, 0) is 0 Å². The summed E-state index contributed by atoms with van der Waals surface area (Å²) in [5.41, 5.74) is 1.96. The highest BCUT2D eigenvalue weighted by Gasteiger charge is 2.36.